The fourth-order valence-electron chi connectivity index (χ4n) is 2.11. The summed E-state index contributed by atoms with van der Waals surface area (Å²) in [6.45, 7) is 0.698. The minimum absolute atomic E-state index is 0.244. The van der Waals surface area contributed by atoms with Crippen LogP contribution in [0.1, 0.15) is 6.42 Å². The summed E-state index contributed by atoms with van der Waals surface area (Å²) < 4.78 is 6.22. The summed E-state index contributed by atoms with van der Waals surface area (Å²) in [5.74, 6) is -0.745. The molecule has 1 aromatic rings. The van der Waals surface area contributed by atoms with E-state index in [9.17, 15) is 9.59 Å². The van der Waals surface area contributed by atoms with Crippen molar-refractivity contribution < 1.29 is 19.4 Å². The molecule has 1 saturated heterocycles. The second kappa shape index (κ2) is 6.29. The third-order valence-corrected chi connectivity index (χ3v) is 3.90. The summed E-state index contributed by atoms with van der Waals surface area (Å²) in [6, 6.07) is 5.15. The third kappa shape index (κ3) is 3.33. The van der Waals surface area contributed by atoms with E-state index in [4.69, 9.17) is 9.84 Å². The predicted molar refractivity (Wildman–Crippen MR) is 82.0 cm³/mol. The lowest BCUT2D eigenvalue weighted by atomic mass is 10.1. The van der Waals surface area contributed by atoms with Crippen molar-refractivity contribution in [2.75, 3.05) is 25.5 Å². The Labute approximate surface area is 130 Å². The molecule has 1 aliphatic rings. The lowest BCUT2D eigenvalue weighted by molar-refractivity contribution is -0.141. The van der Waals surface area contributed by atoms with E-state index in [0.29, 0.717) is 24.4 Å². The van der Waals surface area contributed by atoms with Crippen LogP contribution in [0, 0.1) is 9.49 Å². The molecule has 1 aromatic carbocycles. The highest BCUT2D eigenvalue weighted by Crippen LogP contribution is 2.27. The van der Waals surface area contributed by atoms with Crippen molar-refractivity contribution >= 4 is 40.3 Å². The topological polar surface area (TPSA) is 78.9 Å². The van der Waals surface area contributed by atoms with Crippen molar-refractivity contribution in [2.45, 2.75) is 6.42 Å². The van der Waals surface area contributed by atoms with Gasteiger partial charge in [-0.05, 0) is 47.2 Å². The van der Waals surface area contributed by atoms with E-state index >= 15 is 0 Å². The number of carbonyl (C=O) groups is 2. The molecule has 0 aliphatic carbocycles. The molecule has 1 atom stereocenters. The first-order valence-electron chi connectivity index (χ1n) is 6.13. The van der Waals surface area contributed by atoms with Crippen LogP contribution in [0.15, 0.2) is 18.2 Å². The number of anilines is 1. The Morgan fingerprint density at radius 1 is 1.50 bits per heavy atom. The summed E-state index contributed by atoms with van der Waals surface area (Å²) in [7, 11) is 1.54. The number of hydrogen-bond donors (Lipinski definition) is 2. The molecule has 7 heteroatoms. The van der Waals surface area contributed by atoms with Gasteiger partial charge in [0, 0.05) is 16.7 Å². The molecule has 0 radical (unpaired) electrons. The molecule has 6 nitrogen and oxygen atoms in total. The molecule has 1 fully saturated rings. The van der Waals surface area contributed by atoms with Crippen molar-refractivity contribution in [2.24, 2.45) is 5.92 Å². The van der Waals surface area contributed by atoms with E-state index in [0.717, 1.165) is 3.57 Å². The molecule has 0 saturated carbocycles. The van der Waals surface area contributed by atoms with E-state index in [1.807, 2.05) is 12.1 Å². The Bertz CT molecular complexity index is 535. The third-order valence-electron chi connectivity index (χ3n) is 3.23. The number of ether oxygens (including phenoxy) is 1. The molecule has 20 heavy (non-hydrogen) atoms. The van der Waals surface area contributed by atoms with Gasteiger partial charge in [0.25, 0.3) is 0 Å². The van der Waals surface area contributed by atoms with Crippen molar-refractivity contribution in [3.05, 3.63) is 21.8 Å². The lowest BCUT2D eigenvalue weighted by Crippen LogP contribution is -2.33. The highest BCUT2D eigenvalue weighted by atomic mass is 127. The SMILES string of the molecule is COc1cc(I)ccc1NC(=O)N1CCC(C(=O)O)C1. The van der Waals surface area contributed by atoms with E-state index in [-0.39, 0.29) is 12.6 Å². The zero-order valence-corrected chi connectivity index (χ0v) is 13.1. The first kappa shape index (κ1) is 14.9. The van der Waals surface area contributed by atoms with Crippen molar-refractivity contribution in [3.8, 4) is 5.75 Å². The summed E-state index contributed by atoms with van der Waals surface area (Å²) in [5, 5.41) is 11.7. The fraction of sp³-hybridized carbons (Fsp3) is 0.385. The second-order valence-electron chi connectivity index (χ2n) is 4.54. The highest BCUT2D eigenvalue weighted by molar-refractivity contribution is 14.1. The number of aliphatic carboxylic acids is 1. The van der Waals surface area contributed by atoms with Gasteiger partial charge in [-0.3, -0.25) is 4.79 Å². The minimum atomic E-state index is -0.854. The Balaban J connectivity index is 2.04. The number of methoxy groups -OCH3 is 1. The first-order valence-corrected chi connectivity index (χ1v) is 7.21. The van der Waals surface area contributed by atoms with Crippen LogP contribution >= 0.6 is 22.6 Å². The van der Waals surface area contributed by atoms with E-state index in [2.05, 4.69) is 27.9 Å². The monoisotopic (exact) mass is 390 g/mol. The number of nitrogens with one attached hydrogen (secondary N) is 1. The average Bonchev–Trinajstić information content (AvgIpc) is 2.90. The Morgan fingerprint density at radius 3 is 2.85 bits per heavy atom. The number of halogens is 1. The molecule has 1 aliphatic heterocycles. The van der Waals surface area contributed by atoms with Crippen molar-refractivity contribution in [1.82, 2.24) is 4.90 Å². The minimum Gasteiger partial charge on any atom is -0.495 e. The summed E-state index contributed by atoms with van der Waals surface area (Å²) >= 11 is 2.16. The summed E-state index contributed by atoms with van der Waals surface area (Å²) in [4.78, 5) is 24.5. The number of hydrogen-bond acceptors (Lipinski definition) is 3. The first-order chi connectivity index (χ1) is 9.51. The van der Waals surface area contributed by atoms with Gasteiger partial charge in [0.2, 0.25) is 0 Å². The number of rotatable bonds is 3. The van der Waals surface area contributed by atoms with Gasteiger partial charge < -0.3 is 20.1 Å². The van der Waals surface area contributed by atoms with Gasteiger partial charge in [0.05, 0.1) is 18.7 Å². The Hall–Kier alpha value is -1.51. The van der Waals surface area contributed by atoms with E-state index in [1.54, 1.807) is 6.07 Å². The van der Waals surface area contributed by atoms with Gasteiger partial charge in [0.1, 0.15) is 5.75 Å². The smallest absolute Gasteiger partial charge is 0.321 e. The van der Waals surface area contributed by atoms with Crippen LogP contribution in [0.25, 0.3) is 0 Å². The van der Waals surface area contributed by atoms with Gasteiger partial charge >= 0.3 is 12.0 Å². The standard InChI is InChI=1S/C13H15IN2O4/c1-20-11-6-9(14)2-3-10(11)15-13(19)16-5-4-8(7-16)12(17)18/h2-3,6,8H,4-5,7H2,1H3,(H,15,19)(H,17,18). The van der Waals surface area contributed by atoms with Crippen LogP contribution < -0.4 is 10.1 Å². The van der Waals surface area contributed by atoms with Crippen LogP contribution in [-0.4, -0.2) is 42.2 Å². The number of nitrogens with zero attached hydrogens (tertiary/aromatic N) is 1. The Morgan fingerprint density at radius 2 is 2.25 bits per heavy atom. The van der Waals surface area contributed by atoms with Gasteiger partial charge in [-0.25, -0.2) is 4.79 Å². The number of benzene rings is 1. The molecular weight excluding hydrogens is 375 g/mol. The van der Waals surface area contributed by atoms with Gasteiger partial charge in [-0.2, -0.15) is 0 Å². The van der Waals surface area contributed by atoms with E-state index < -0.39 is 11.9 Å². The molecule has 2 amide bonds. The summed E-state index contributed by atoms with van der Waals surface area (Å²) in [6.07, 6.45) is 0.493. The predicted octanol–water partition coefficient (Wildman–Crippen LogP) is 2.24. The van der Waals surface area contributed by atoms with Crippen LogP contribution in [-0.2, 0) is 4.79 Å². The van der Waals surface area contributed by atoms with Gasteiger partial charge in [-0.1, -0.05) is 0 Å². The van der Waals surface area contributed by atoms with Crippen LogP contribution in [0.5, 0.6) is 5.75 Å². The van der Waals surface area contributed by atoms with Gasteiger partial charge in [-0.15, -0.1) is 0 Å². The molecule has 0 aromatic heterocycles. The summed E-state index contributed by atoms with van der Waals surface area (Å²) in [5.41, 5.74) is 0.580. The second-order valence-corrected chi connectivity index (χ2v) is 5.79. The molecule has 0 bridgehead atoms. The maximum absolute atomic E-state index is 12.1. The van der Waals surface area contributed by atoms with Crippen LogP contribution in [0.3, 0.4) is 0 Å². The molecule has 1 unspecified atom stereocenters. The Kier molecular flexibility index (Phi) is 4.69. The van der Waals surface area contributed by atoms with Crippen LogP contribution in [0.2, 0.25) is 0 Å². The van der Waals surface area contributed by atoms with Crippen molar-refractivity contribution in [3.63, 3.8) is 0 Å². The fourth-order valence-corrected chi connectivity index (χ4v) is 2.57. The molecule has 2 rings (SSSR count). The highest BCUT2D eigenvalue weighted by Gasteiger charge is 2.31. The number of carboxylic acid groups (broad SMARTS) is 1. The number of carboxylic acids is 1. The van der Waals surface area contributed by atoms with E-state index in [1.165, 1.54) is 12.0 Å². The van der Waals surface area contributed by atoms with Crippen molar-refractivity contribution in [1.29, 1.82) is 0 Å². The number of carbonyl (C=O) groups excluding carboxylic acids is 1. The number of likely N-dealkylation sites (tertiary alicyclic amines) is 1. The maximum Gasteiger partial charge on any atom is 0.321 e. The zero-order chi connectivity index (χ0) is 14.7. The maximum atomic E-state index is 12.1. The lowest BCUT2D eigenvalue weighted by Gasteiger charge is -2.18. The molecular formula is C13H15IN2O4. The largest absolute Gasteiger partial charge is 0.495 e. The molecule has 1 heterocycles. The molecule has 2 N–H and O–H groups in total. The molecule has 108 valence electrons. The average molecular weight is 390 g/mol. The molecule has 0 spiro atoms. The number of urea groups is 1. The quantitative estimate of drug-likeness (QED) is 0.777. The van der Waals surface area contributed by atoms with Gasteiger partial charge in [0.15, 0.2) is 0 Å². The number of amides is 2. The van der Waals surface area contributed by atoms with Crippen LogP contribution in [0.4, 0.5) is 10.5 Å². The normalized spacial score (nSPS) is 17.9. The zero-order valence-electron chi connectivity index (χ0n) is 10.9.